The first kappa shape index (κ1) is 17.0. The van der Waals surface area contributed by atoms with Crippen molar-refractivity contribution in [3.05, 3.63) is 29.3 Å². The average Bonchev–Trinajstić information content (AvgIpc) is 2.96. The van der Waals surface area contributed by atoms with Gasteiger partial charge >= 0.3 is 0 Å². The molecule has 1 fully saturated rings. The number of likely N-dealkylation sites (tertiary alicyclic amines) is 1. The van der Waals surface area contributed by atoms with E-state index in [-0.39, 0.29) is 11.9 Å². The zero-order valence-electron chi connectivity index (χ0n) is 12.7. The van der Waals surface area contributed by atoms with Gasteiger partial charge in [0.25, 0.3) is 0 Å². The third-order valence-corrected chi connectivity index (χ3v) is 3.60. The second-order valence-corrected chi connectivity index (χ2v) is 6.82. The van der Waals surface area contributed by atoms with Gasteiger partial charge in [-0.1, -0.05) is 26.8 Å². The second-order valence-electron chi connectivity index (χ2n) is 6.07. The SMILES string of the molecule is C=CC(C)(C)C.CC(=O)N1CCCC1c1cnc(Br)[nH]1. The van der Waals surface area contributed by atoms with Crippen molar-refractivity contribution in [2.24, 2.45) is 5.41 Å². The minimum Gasteiger partial charge on any atom is -0.335 e. The van der Waals surface area contributed by atoms with Gasteiger partial charge in [-0.25, -0.2) is 4.98 Å². The number of H-pyrrole nitrogens is 1. The van der Waals surface area contributed by atoms with Gasteiger partial charge in [-0.2, -0.15) is 0 Å². The highest BCUT2D eigenvalue weighted by Gasteiger charge is 2.28. The number of aromatic nitrogens is 2. The summed E-state index contributed by atoms with van der Waals surface area (Å²) < 4.78 is 0.725. The molecule has 1 aromatic rings. The van der Waals surface area contributed by atoms with Crippen LogP contribution in [0.5, 0.6) is 0 Å². The van der Waals surface area contributed by atoms with Gasteiger partial charge in [-0.15, -0.1) is 6.58 Å². The quantitative estimate of drug-likeness (QED) is 0.782. The molecule has 0 saturated carbocycles. The van der Waals surface area contributed by atoms with Crippen LogP contribution in [-0.2, 0) is 4.79 Å². The van der Waals surface area contributed by atoms with E-state index in [0.717, 1.165) is 29.8 Å². The van der Waals surface area contributed by atoms with E-state index >= 15 is 0 Å². The van der Waals surface area contributed by atoms with E-state index in [2.05, 4.69) is 53.2 Å². The average molecular weight is 342 g/mol. The van der Waals surface area contributed by atoms with Crippen LogP contribution >= 0.6 is 15.9 Å². The second kappa shape index (κ2) is 7.07. The van der Waals surface area contributed by atoms with Crippen LogP contribution in [0.2, 0.25) is 0 Å². The molecule has 0 radical (unpaired) electrons. The molecule has 1 amide bonds. The lowest BCUT2D eigenvalue weighted by atomic mass is 9.98. The topological polar surface area (TPSA) is 49.0 Å². The number of aromatic amines is 1. The summed E-state index contributed by atoms with van der Waals surface area (Å²) in [7, 11) is 0. The van der Waals surface area contributed by atoms with Crippen LogP contribution in [0.15, 0.2) is 23.6 Å². The van der Waals surface area contributed by atoms with Gasteiger partial charge < -0.3 is 9.88 Å². The van der Waals surface area contributed by atoms with Gasteiger partial charge in [0.2, 0.25) is 5.91 Å². The molecule has 1 unspecified atom stereocenters. The molecular formula is C15H24BrN3O. The van der Waals surface area contributed by atoms with E-state index in [4.69, 9.17) is 0 Å². The Bertz CT molecular complexity index is 462. The first-order valence-corrected chi connectivity index (χ1v) is 7.65. The summed E-state index contributed by atoms with van der Waals surface area (Å²) in [4.78, 5) is 20.4. The van der Waals surface area contributed by atoms with E-state index < -0.39 is 0 Å². The number of nitrogens with zero attached hydrogens (tertiary/aromatic N) is 2. The number of imidazole rings is 1. The fourth-order valence-corrected chi connectivity index (χ4v) is 2.28. The molecule has 2 heterocycles. The summed E-state index contributed by atoms with van der Waals surface area (Å²) in [5.41, 5.74) is 1.32. The Balaban J connectivity index is 0.000000286. The number of hydrogen-bond donors (Lipinski definition) is 1. The number of allylic oxidation sites excluding steroid dienone is 1. The van der Waals surface area contributed by atoms with Gasteiger partial charge in [-0.05, 0) is 34.2 Å². The number of rotatable bonds is 1. The highest BCUT2D eigenvalue weighted by molar-refractivity contribution is 9.10. The minimum absolute atomic E-state index is 0.137. The minimum atomic E-state index is 0.137. The molecule has 0 aromatic carbocycles. The third-order valence-electron chi connectivity index (χ3n) is 3.19. The normalized spacial score (nSPS) is 18.4. The zero-order valence-corrected chi connectivity index (χ0v) is 14.3. The Morgan fingerprint density at radius 2 is 2.20 bits per heavy atom. The van der Waals surface area contributed by atoms with Crippen LogP contribution in [0.4, 0.5) is 0 Å². The van der Waals surface area contributed by atoms with E-state index in [0.29, 0.717) is 5.41 Å². The summed E-state index contributed by atoms with van der Waals surface area (Å²) >= 11 is 3.27. The monoisotopic (exact) mass is 341 g/mol. The lowest BCUT2D eigenvalue weighted by Gasteiger charge is -2.21. The standard InChI is InChI=1S/C9H12BrN3O.C6H12/c1-6(14)13-4-2-3-8(13)7-5-11-9(10)12-7;1-5-6(2,3)4/h5,8H,2-4H2,1H3,(H,11,12);5H,1H2,2-4H3. The van der Waals surface area contributed by atoms with Crippen LogP contribution in [0, 0.1) is 5.41 Å². The lowest BCUT2D eigenvalue weighted by Crippen LogP contribution is -2.28. The van der Waals surface area contributed by atoms with Crippen molar-refractivity contribution < 1.29 is 4.79 Å². The zero-order chi connectivity index (χ0) is 15.3. The summed E-state index contributed by atoms with van der Waals surface area (Å²) in [5.74, 6) is 0.137. The maximum atomic E-state index is 11.3. The first-order valence-electron chi connectivity index (χ1n) is 6.86. The number of nitrogens with one attached hydrogen (secondary N) is 1. The molecule has 1 aromatic heterocycles. The van der Waals surface area contributed by atoms with Crippen molar-refractivity contribution >= 4 is 21.8 Å². The number of carbonyl (C=O) groups is 1. The highest BCUT2D eigenvalue weighted by atomic mass is 79.9. The van der Waals surface area contributed by atoms with Gasteiger partial charge in [0.15, 0.2) is 4.73 Å². The fraction of sp³-hybridized carbons (Fsp3) is 0.600. The lowest BCUT2D eigenvalue weighted by molar-refractivity contribution is -0.129. The Morgan fingerprint density at radius 1 is 1.60 bits per heavy atom. The van der Waals surface area contributed by atoms with E-state index in [1.165, 1.54) is 0 Å². The predicted molar refractivity (Wildman–Crippen MR) is 85.3 cm³/mol. The molecular weight excluding hydrogens is 318 g/mol. The van der Waals surface area contributed by atoms with Crippen LogP contribution in [0.25, 0.3) is 0 Å². The molecule has 5 heteroatoms. The smallest absolute Gasteiger partial charge is 0.220 e. The molecule has 4 nitrogen and oxygen atoms in total. The van der Waals surface area contributed by atoms with Crippen molar-refractivity contribution in [3.8, 4) is 0 Å². The van der Waals surface area contributed by atoms with Crippen molar-refractivity contribution in [1.29, 1.82) is 0 Å². The molecule has 0 aliphatic carbocycles. The molecule has 0 spiro atoms. The van der Waals surface area contributed by atoms with Crippen LogP contribution < -0.4 is 0 Å². The van der Waals surface area contributed by atoms with Gasteiger partial charge in [0.1, 0.15) is 0 Å². The summed E-state index contributed by atoms with van der Waals surface area (Å²) in [5, 5.41) is 0. The molecule has 0 bridgehead atoms. The van der Waals surface area contributed by atoms with E-state index in [9.17, 15) is 4.79 Å². The molecule has 2 rings (SSSR count). The molecule has 1 N–H and O–H groups in total. The number of amides is 1. The summed E-state index contributed by atoms with van der Waals surface area (Å²) in [6.07, 6.45) is 5.82. The molecule has 1 aliphatic heterocycles. The molecule has 1 saturated heterocycles. The maximum Gasteiger partial charge on any atom is 0.220 e. The van der Waals surface area contributed by atoms with Crippen molar-refractivity contribution in [1.82, 2.24) is 14.9 Å². The first-order chi connectivity index (χ1) is 9.24. The molecule has 1 aliphatic rings. The van der Waals surface area contributed by atoms with Crippen LogP contribution in [0.1, 0.15) is 52.3 Å². The van der Waals surface area contributed by atoms with Crippen molar-refractivity contribution in [2.75, 3.05) is 6.54 Å². The summed E-state index contributed by atoms with van der Waals surface area (Å²) in [6, 6.07) is 0.186. The van der Waals surface area contributed by atoms with Gasteiger partial charge in [-0.3, -0.25) is 4.79 Å². The van der Waals surface area contributed by atoms with Crippen molar-refractivity contribution in [3.63, 3.8) is 0 Å². The fourth-order valence-electron chi connectivity index (χ4n) is 1.95. The Hall–Kier alpha value is -1.10. The number of halogens is 1. The number of carbonyl (C=O) groups excluding carboxylic acids is 1. The Kier molecular flexibility index (Phi) is 5.99. The van der Waals surface area contributed by atoms with E-state index in [1.807, 2.05) is 11.0 Å². The number of hydrogen-bond acceptors (Lipinski definition) is 2. The molecule has 1 atom stereocenters. The van der Waals surface area contributed by atoms with Crippen LogP contribution in [-0.4, -0.2) is 27.3 Å². The predicted octanol–water partition coefficient (Wildman–Crippen LogP) is 4.07. The molecule has 20 heavy (non-hydrogen) atoms. The van der Waals surface area contributed by atoms with Crippen LogP contribution in [0.3, 0.4) is 0 Å². The Morgan fingerprint density at radius 3 is 2.60 bits per heavy atom. The van der Waals surface area contributed by atoms with E-state index in [1.54, 1.807) is 13.1 Å². The van der Waals surface area contributed by atoms with Gasteiger partial charge in [0, 0.05) is 13.5 Å². The van der Waals surface area contributed by atoms with Crippen molar-refractivity contribution in [2.45, 2.75) is 46.6 Å². The molecule has 112 valence electrons. The summed E-state index contributed by atoms with van der Waals surface area (Å²) in [6.45, 7) is 12.5. The maximum absolute atomic E-state index is 11.3. The Labute approximate surface area is 129 Å². The largest absolute Gasteiger partial charge is 0.335 e. The highest BCUT2D eigenvalue weighted by Crippen LogP contribution is 2.31. The third kappa shape index (κ3) is 5.12. The van der Waals surface area contributed by atoms with Gasteiger partial charge in [0.05, 0.1) is 17.9 Å².